The summed E-state index contributed by atoms with van der Waals surface area (Å²) in [5.74, 6) is 0. The van der Waals surface area contributed by atoms with Gasteiger partial charge in [0, 0.05) is 43.2 Å². The molecule has 0 aliphatic carbocycles. The average molecular weight is 283 g/mol. The summed E-state index contributed by atoms with van der Waals surface area (Å²) in [5, 5.41) is 14.7. The molecule has 21 heavy (non-hydrogen) atoms. The Morgan fingerprint density at radius 3 is 2.62 bits per heavy atom. The van der Waals surface area contributed by atoms with Crippen molar-refractivity contribution in [1.29, 1.82) is 5.26 Å². The normalized spacial score (nSPS) is 10.8. The zero-order valence-corrected chi connectivity index (χ0v) is 12.6. The Morgan fingerprint density at radius 1 is 1.14 bits per heavy atom. The molecule has 0 saturated heterocycles. The maximum atomic E-state index is 9.17. The standard InChI is InChI=1S/C17H21N3O/c1-20(11-12-21-2)10-9-19-17-8-7-14(13-18)15-5-3-4-6-16(15)17/h3-8,19H,9-12H2,1-2H3. The van der Waals surface area contributed by atoms with E-state index >= 15 is 0 Å². The predicted molar refractivity (Wildman–Crippen MR) is 86.5 cm³/mol. The van der Waals surface area contributed by atoms with Gasteiger partial charge in [0.25, 0.3) is 0 Å². The van der Waals surface area contributed by atoms with E-state index < -0.39 is 0 Å². The van der Waals surface area contributed by atoms with Crippen molar-refractivity contribution in [3.8, 4) is 6.07 Å². The van der Waals surface area contributed by atoms with Crippen LogP contribution < -0.4 is 5.32 Å². The van der Waals surface area contributed by atoms with Crippen LogP contribution in [0.3, 0.4) is 0 Å². The average Bonchev–Trinajstić information content (AvgIpc) is 2.53. The first-order valence-corrected chi connectivity index (χ1v) is 7.09. The molecule has 0 aliphatic heterocycles. The van der Waals surface area contributed by atoms with Crippen molar-refractivity contribution in [3.63, 3.8) is 0 Å². The predicted octanol–water partition coefficient (Wildman–Crippen LogP) is 2.70. The summed E-state index contributed by atoms with van der Waals surface area (Å²) in [6, 6.07) is 14.1. The fourth-order valence-corrected chi connectivity index (χ4v) is 2.29. The van der Waals surface area contributed by atoms with Crippen LogP contribution >= 0.6 is 0 Å². The van der Waals surface area contributed by atoms with E-state index in [1.165, 1.54) is 0 Å². The van der Waals surface area contributed by atoms with Gasteiger partial charge in [0.2, 0.25) is 0 Å². The number of hydrogen-bond acceptors (Lipinski definition) is 4. The summed E-state index contributed by atoms with van der Waals surface area (Å²) in [6.07, 6.45) is 0. The van der Waals surface area contributed by atoms with Gasteiger partial charge in [-0.2, -0.15) is 5.26 Å². The second-order valence-corrected chi connectivity index (χ2v) is 5.04. The summed E-state index contributed by atoms with van der Waals surface area (Å²) >= 11 is 0. The number of methoxy groups -OCH3 is 1. The molecule has 2 aromatic carbocycles. The molecule has 110 valence electrons. The lowest BCUT2D eigenvalue weighted by molar-refractivity contribution is 0.163. The highest BCUT2D eigenvalue weighted by Crippen LogP contribution is 2.26. The van der Waals surface area contributed by atoms with Crippen LogP contribution in [0.1, 0.15) is 5.56 Å². The first kappa shape index (κ1) is 15.3. The molecule has 0 saturated carbocycles. The van der Waals surface area contributed by atoms with Gasteiger partial charge < -0.3 is 15.0 Å². The SMILES string of the molecule is COCCN(C)CCNc1ccc(C#N)c2ccccc12. The molecule has 1 N–H and O–H groups in total. The maximum absolute atomic E-state index is 9.17. The van der Waals surface area contributed by atoms with Crippen molar-refractivity contribution < 1.29 is 4.74 Å². The zero-order chi connectivity index (χ0) is 15.1. The molecule has 0 amide bonds. The first-order valence-electron chi connectivity index (χ1n) is 7.09. The minimum atomic E-state index is 0.716. The van der Waals surface area contributed by atoms with Crippen molar-refractivity contribution in [1.82, 2.24) is 4.90 Å². The second kappa shape index (κ2) is 7.63. The molecule has 0 aliphatic rings. The Labute approximate surface area is 125 Å². The fourth-order valence-electron chi connectivity index (χ4n) is 2.29. The smallest absolute Gasteiger partial charge is 0.0998 e. The Bertz CT molecular complexity index is 633. The molecular weight excluding hydrogens is 262 g/mol. The minimum Gasteiger partial charge on any atom is -0.383 e. The Balaban J connectivity index is 2.05. The third kappa shape index (κ3) is 3.94. The van der Waals surface area contributed by atoms with Gasteiger partial charge in [-0.25, -0.2) is 0 Å². The van der Waals surface area contributed by atoms with E-state index in [4.69, 9.17) is 10.00 Å². The number of nitrogens with one attached hydrogen (secondary N) is 1. The van der Waals surface area contributed by atoms with E-state index in [1.807, 2.05) is 36.4 Å². The molecule has 2 aromatic rings. The number of ether oxygens (including phenoxy) is 1. The number of nitriles is 1. The van der Waals surface area contributed by atoms with Crippen LogP contribution in [-0.2, 0) is 4.74 Å². The molecule has 0 atom stereocenters. The van der Waals surface area contributed by atoms with Crippen LogP contribution in [0.5, 0.6) is 0 Å². The number of nitrogens with zero attached hydrogens (tertiary/aromatic N) is 2. The number of rotatable bonds is 7. The molecular formula is C17H21N3O. The summed E-state index contributed by atoms with van der Waals surface area (Å²) in [4.78, 5) is 2.22. The molecule has 0 fully saturated rings. The topological polar surface area (TPSA) is 48.3 Å². The van der Waals surface area contributed by atoms with Gasteiger partial charge in [-0.05, 0) is 19.2 Å². The summed E-state index contributed by atoms with van der Waals surface area (Å²) in [5.41, 5.74) is 1.79. The van der Waals surface area contributed by atoms with Crippen molar-refractivity contribution in [3.05, 3.63) is 42.0 Å². The highest BCUT2D eigenvalue weighted by molar-refractivity contribution is 5.97. The molecule has 0 aromatic heterocycles. The summed E-state index contributed by atoms with van der Waals surface area (Å²) in [6.45, 7) is 3.47. The highest BCUT2D eigenvalue weighted by atomic mass is 16.5. The van der Waals surface area contributed by atoms with Gasteiger partial charge >= 0.3 is 0 Å². The monoisotopic (exact) mass is 283 g/mol. The number of hydrogen-bond donors (Lipinski definition) is 1. The molecule has 0 heterocycles. The Morgan fingerprint density at radius 2 is 1.90 bits per heavy atom. The lowest BCUT2D eigenvalue weighted by atomic mass is 10.0. The molecule has 2 rings (SSSR count). The molecule has 4 heteroatoms. The van der Waals surface area contributed by atoms with E-state index in [1.54, 1.807) is 7.11 Å². The zero-order valence-electron chi connectivity index (χ0n) is 12.6. The van der Waals surface area contributed by atoms with E-state index in [-0.39, 0.29) is 0 Å². The first-order chi connectivity index (χ1) is 10.3. The molecule has 0 spiro atoms. The lowest BCUT2D eigenvalue weighted by Crippen LogP contribution is -2.28. The number of benzene rings is 2. The Kier molecular flexibility index (Phi) is 5.56. The quantitative estimate of drug-likeness (QED) is 0.849. The van der Waals surface area contributed by atoms with Crippen LogP contribution in [0.2, 0.25) is 0 Å². The lowest BCUT2D eigenvalue weighted by Gasteiger charge is -2.17. The van der Waals surface area contributed by atoms with Gasteiger partial charge in [0.1, 0.15) is 0 Å². The highest BCUT2D eigenvalue weighted by Gasteiger charge is 2.05. The van der Waals surface area contributed by atoms with Crippen molar-refractivity contribution >= 4 is 16.5 Å². The van der Waals surface area contributed by atoms with Crippen molar-refractivity contribution in [2.24, 2.45) is 0 Å². The molecule has 4 nitrogen and oxygen atoms in total. The second-order valence-electron chi connectivity index (χ2n) is 5.04. The third-order valence-electron chi connectivity index (χ3n) is 3.53. The number of fused-ring (bicyclic) bond motifs is 1. The van der Waals surface area contributed by atoms with Crippen LogP contribution in [0.15, 0.2) is 36.4 Å². The van der Waals surface area contributed by atoms with Gasteiger partial charge in [-0.15, -0.1) is 0 Å². The molecule has 0 bridgehead atoms. The van der Waals surface area contributed by atoms with E-state index in [9.17, 15) is 0 Å². The Hall–Kier alpha value is -2.09. The summed E-state index contributed by atoms with van der Waals surface area (Å²) < 4.78 is 5.07. The van der Waals surface area contributed by atoms with Gasteiger partial charge in [-0.1, -0.05) is 24.3 Å². The van der Waals surface area contributed by atoms with Crippen LogP contribution in [0, 0.1) is 11.3 Å². The van der Waals surface area contributed by atoms with Crippen molar-refractivity contribution in [2.75, 3.05) is 45.7 Å². The summed E-state index contributed by atoms with van der Waals surface area (Å²) in [7, 11) is 3.80. The number of anilines is 1. The number of likely N-dealkylation sites (N-methyl/N-ethyl adjacent to an activating group) is 1. The maximum Gasteiger partial charge on any atom is 0.0998 e. The van der Waals surface area contributed by atoms with Gasteiger partial charge in [0.05, 0.1) is 18.2 Å². The molecule has 0 radical (unpaired) electrons. The van der Waals surface area contributed by atoms with Gasteiger partial charge in [-0.3, -0.25) is 0 Å². The van der Waals surface area contributed by atoms with E-state index in [2.05, 4.69) is 23.3 Å². The minimum absolute atomic E-state index is 0.716. The largest absolute Gasteiger partial charge is 0.383 e. The van der Waals surface area contributed by atoms with E-state index in [0.717, 1.165) is 42.7 Å². The van der Waals surface area contributed by atoms with Gasteiger partial charge in [0.15, 0.2) is 0 Å². The van der Waals surface area contributed by atoms with Crippen LogP contribution in [0.25, 0.3) is 10.8 Å². The van der Waals surface area contributed by atoms with Crippen LogP contribution in [0.4, 0.5) is 5.69 Å². The van der Waals surface area contributed by atoms with Crippen molar-refractivity contribution in [2.45, 2.75) is 0 Å². The third-order valence-corrected chi connectivity index (χ3v) is 3.53. The fraction of sp³-hybridized carbons (Fsp3) is 0.353. The van der Waals surface area contributed by atoms with E-state index in [0.29, 0.717) is 5.56 Å². The molecule has 0 unspecified atom stereocenters. The van der Waals surface area contributed by atoms with Crippen LogP contribution in [-0.4, -0.2) is 45.3 Å².